The maximum Gasteiger partial charge on any atom is 0.319 e. The highest BCUT2D eigenvalue weighted by atomic mass is 32.2. The lowest BCUT2D eigenvalue weighted by atomic mass is 10.3. The van der Waals surface area contributed by atoms with Crippen molar-refractivity contribution in [1.29, 1.82) is 5.26 Å². The fourth-order valence-electron chi connectivity index (χ4n) is 1.27. The first-order chi connectivity index (χ1) is 7.29. The molecule has 0 N–H and O–H groups in total. The van der Waals surface area contributed by atoms with E-state index in [0.717, 1.165) is 0 Å². The highest BCUT2D eigenvalue weighted by molar-refractivity contribution is 8.00. The summed E-state index contributed by atoms with van der Waals surface area (Å²) < 4.78 is 4.84. The van der Waals surface area contributed by atoms with Crippen LogP contribution >= 0.6 is 11.8 Å². The summed E-state index contributed by atoms with van der Waals surface area (Å²) >= 11 is 1.35. The number of nitriles is 1. The Labute approximate surface area is 91.3 Å². The van der Waals surface area contributed by atoms with E-state index in [9.17, 15) is 4.79 Å². The van der Waals surface area contributed by atoms with Gasteiger partial charge in [-0.1, -0.05) is 11.8 Å². The fourth-order valence-corrected chi connectivity index (χ4v) is 2.26. The van der Waals surface area contributed by atoms with Gasteiger partial charge in [0.15, 0.2) is 0 Å². The van der Waals surface area contributed by atoms with Crippen molar-refractivity contribution in [3.05, 3.63) is 23.9 Å². The van der Waals surface area contributed by atoms with Gasteiger partial charge in [0.25, 0.3) is 0 Å². The van der Waals surface area contributed by atoms with Crippen LogP contribution in [0.1, 0.15) is 12.0 Å². The molecular formula is C10H8N2O2S. The number of rotatable bonds is 2. The molecule has 0 aromatic carbocycles. The zero-order chi connectivity index (χ0) is 10.7. The number of aromatic nitrogens is 1. The van der Waals surface area contributed by atoms with Crippen molar-refractivity contribution in [2.75, 3.05) is 6.61 Å². The van der Waals surface area contributed by atoms with Crippen molar-refractivity contribution in [2.45, 2.75) is 16.7 Å². The predicted molar refractivity (Wildman–Crippen MR) is 54.2 cm³/mol. The second-order valence-corrected chi connectivity index (χ2v) is 4.28. The number of hydrogen-bond acceptors (Lipinski definition) is 5. The van der Waals surface area contributed by atoms with E-state index in [1.54, 1.807) is 18.3 Å². The highest BCUT2D eigenvalue weighted by Crippen LogP contribution is 2.28. The largest absolute Gasteiger partial charge is 0.465 e. The zero-order valence-electron chi connectivity index (χ0n) is 7.84. The minimum atomic E-state index is -0.191. The van der Waals surface area contributed by atoms with Gasteiger partial charge in [-0.2, -0.15) is 5.26 Å². The molecule has 0 spiro atoms. The molecule has 2 rings (SSSR count). The maximum absolute atomic E-state index is 11.2. The Hall–Kier alpha value is -1.54. The molecule has 0 bridgehead atoms. The molecule has 1 aliphatic rings. The molecule has 1 saturated heterocycles. The topological polar surface area (TPSA) is 63.0 Å². The van der Waals surface area contributed by atoms with Gasteiger partial charge in [-0.25, -0.2) is 4.98 Å². The molecule has 2 heterocycles. The number of esters is 1. The van der Waals surface area contributed by atoms with Crippen LogP contribution in [0.15, 0.2) is 23.4 Å². The van der Waals surface area contributed by atoms with Crippen LogP contribution in [0.3, 0.4) is 0 Å². The summed E-state index contributed by atoms with van der Waals surface area (Å²) in [5, 5.41) is 9.21. The van der Waals surface area contributed by atoms with E-state index >= 15 is 0 Å². The zero-order valence-corrected chi connectivity index (χ0v) is 8.66. The summed E-state index contributed by atoms with van der Waals surface area (Å²) in [6.45, 7) is 0.481. The van der Waals surface area contributed by atoms with E-state index in [1.165, 1.54) is 11.8 Å². The Balaban J connectivity index is 2.10. The summed E-state index contributed by atoms with van der Waals surface area (Å²) in [6, 6.07) is 5.35. The molecule has 1 fully saturated rings. The van der Waals surface area contributed by atoms with Crippen LogP contribution in [-0.2, 0) is 9.53 Å². The van der Waals surface area contributed by atoms with Crippen molar-refractivity contribution in [2.24, 2.45) is 0 Å². The third kappa shape index (κ3) is 2.28. The van der Waals surface area contributed by atoms with E-state index in [-0.39, 0.29) is 11.2 Å². The van der Waals surface area contributed by atoms with Gasteiger partial charge in [0.1, 0.15) is 5.25 Å². The molecule has 1 atom stereocenters. The predicted octanol–water partition coefficient (Wildman–Crippen LogP) is 1.36. The van der Waals surface area contributed by atoms with E-state index in [4.69, 9.17) is 10.00 Å². The molecular weight excluding hydrogens is 212 g/mol. The summed E-state index contributed by atoms with van der Waals surface area (Å²) in [7, 11) is 0. The molecule has 1 aromatic rings. The third-order valence-corrected chi connectivity index (χ3v) is 3.19. The average molecular weight is 220 g/mol. The first-order valence-electron chi connectivity index (χ1n) is 4.49. The van der Waals surface area contributed by atoms with Crippen LogP contribution in [-0.4, -0.2) is 22.8 Å². The van der Waals surface area contributed by atoms with Gasteiger partial charge in [-0.05, 0) is 12.1 Å². The van der Waals surface area contributed by atoms with Crippen LogP contribution in [0.5, 0.6) is 0 Å². The maximum atomic E-state index is 11.2. The number of pyridine rings is 1. The Bertz CT molecular complexity index is 428. The number of cyclic esters (lactones) is 1. The Morgan fingerprint density at radius 3 is 3.20 bits per heavy atom. The molecule has 5 heteroatoms. The molecule has 0 radical (unpaired) electrons. The van der Waals surface area contributed by atoms with E-state index in [0.29, 0.717) is 23.6 Å². The number of carbonyl (C=O) groups excluding carboxylic acids is 1. The summed E-state index contributed by atoms with van der Waals surface area (Å²) in [4.78, 5) is 15.3. The monoisotopic (exact) mass is 220 g/mol. The first kappa shape index (κ1) is 9.99. The van der Waals surface area contributed by atoms with Gasteiger partial charge in [0.05, 0.1) is 23.3 Å². The van der Waals surface area contributed by atoms with Crippen molar-refractivity contribution in [3.8, 4) is 6.07 Å². The fraction of sp³-hybridized carbons (Fsp3) is 0.300. The van der Waals surface area contributed by atoms with Crippen LogP contribution in [0.2, 0.25) is 0 Å². The van der Waals surface area contributed by atoms with E-state index in [1.807, 2.05) is 6.07 Å². The number of nitrogens with zero attached hydrogens (tertiary/aromatic N) is 2. The summed E-state index contributed by atoms with van der Waals surface area (Å²) in [6.07, 6.45) is 2.28. The minimum absolute atomic E-state index is 0.175. The number of thioether (sulfide) groups is 1. The third-order valence-electron chi connectivity index (χ3n) is 2.01. The standard InChI is InChI=1S/C10H8N2O2S/c11-6-7-1-3-12-9(5-7)15-8-2-4-14-10(8)13/h1,3,5,8H,2,4H2. The molecule has 1 aliphatic heterocycles. The molecule has 1 unspecified atom stereocenters. The van der Waals surface area contributed by atoms with Crippen LogP contribution in [0, 0.1) is 11.3 Å². The molecule has 15 heavy (non-hydrogen) atoms. The SMILES string of the molecule is N#Cc1ccnc(SC2CCOC2=O)c1. The Morgan fingerprint density at radius 1 is 1.67 bits per heavy atom. The average Bonchev–Trinajstić information content (AvgIpc) is 2.65. The lowest BCUT2D eigenvalue weighted by Gasteiger charge is -2.03. The number of ether oxygens (including phenoxy) is 1. The van der Waals surface area contributed by atoms with Crippen LogP contribution in [0.25, 0.3) is 0 Å². The summed E-state index contributed by atoms with van der Waals surface area (Å²) in [5.74, 6) is -0.191. The van der Waals surface area contributed by atoms with Crippen molar-refractivity contribution < 1.29 is 9.53 Å². The Kier molecular flexibility index (Phi) is 2.88. The molecule has 76 valence electrons. The molecule has 0 aliphatic carbocycles. The van der Waals surface area contributed by atoms with Crippen molar-refractivity contribution >= 4 is 17.7 Å². The quantitative estimate of drug-likeness (QED) is 0.704. The lowest BCUT2D eigenvalue weighted by molar-refractivity contribution is -0.137. The smallest absolute Gasteiger partial charge is 0.319 e. The van der Waals surface area contributed by atoms with Crippen LogP contribution < -0.4 is 0 Å². The van der Waals surface area contributed by atoms with Gasteiger partial charge >= 0.3 is 5.97 Å². The van der Waals surface area contributed by atoms with E-state index < -0.39 is 0 Å². The van der Waals surface area contributed by atoms with Gasteiger partial charge in [0, 0.05) is 12.6 Å². The molecule has 0 saturated carbocycles. The van der Waals surface area contributed by atoms with Gasteiger partial charge in [-0.15, -0.1) is 0 Å². The molecule has 4 nitrogen and oxygen atoms in total. The molecule has 1 aromatic heterocycles. The van der Waals surface area contributed by atoms with Gasteiger partial charge in [-0.3, -0.25) is 4.79 Å². The minimum Gasteiger partial charge on any atom is -0.465 e. The van der Waals surface area contributed by atoms with E-state index in [2.05, 4.69) is 4.98 Å². The summed E-state index contributed by atoms with van der Waals surface area (Å²) in [5.41, 5.74) is 0.555. The number of hydrogen-bond donors (Lipinski definition) is 0. The second kappa shape index (κ2) is 4.32. The highest BCUT2D eigenvalue weighted by Gasteiger charge is 2.27. The van der Waals surface area contributed by atoms with Gasteiger partial charge in [0.2, 0.25) is 0 Å². The Morgan fingerprint density at radius 2 is 2.53 bits per heavy atom. The lowest BCUT2D eigenvalue weighted by Crippen LogP contribution is -2.09. The van der Waals surface area contributed by atoms with Crippen molar-refractivity contribution in [3.63, 3.8) is 0 Å². The van der Waals surface area contributed by atoms with Crippen LogP contribution in [0.4, 0.5) is 0 Å². The second-order valence-electron chi connectivity index (χ2n) is 3.06. The van der Waals surface area contributed by atoms with Crippen molar-refractivity contribution in [1.82, 2.24) is 4.98 Å². The molecule has 0 amide bonds. The normalized spacial score (nSPS) is 19.7. The first-order valence-corrected chi connectivity index (χ1v) is 5.37. The van der Waals surface area contributed by atoms with Gasteiger partial charge < -0.3 is 4.74 Å². The number of carbonyl (C=O) groups is 1.